The van der Waals surface area contributed by atoms with E-state index in [1.807, 2.05) is 47.3 Å². The number of imidazole rings is 1. The minimum absolute atomic E-state index is 0.0421. The second-order valence-corrected chi connectivity index (χ2v) is 7.09. The summed E-state index contributed by atoms with van der Waals surface area (Å²) in [6.07, 6.45) is 8.91. The molecule has 29 heavy (non-hydrogen) atoms. The van der Waals surface area contributed by atoms with E-state index < -0.39 is 0 Å². The normalized spacial score (nSPS) is 12.1. The highest BCUT2D eigenvalue weighted by molar-refractivity contribution is 5.91. The van der Waals surface area contributed by atoms with Crippen LogP contribution in [0.25, 0.3) is 5.82 Å². The molecular formula is C25H25N3O. The number of hydrogen-bond acceptors (Lipinski definition) is 2. The summed E-state index contributed by atoms with van der Waals surface area (Å²) in [5.41, 5.74) is 4.60. The fraction of sp³-hybridized carbons (Fsp3) is 0.200. The maximum atomic E-state index is 14.0. The first-order valence-corrected chi connectivity index (χ1v) is 10.1. The summed E-state index contributed by atoms with van der Waals surface area (Å²) in [5, 5.41) is 0. The molecule has 0 radical (unpaired) electrons. The van der Waals surface area contributed by atoms with Crippen molar-refractivity contribution in [2.24, 2.45) is 0 Å². The Morgan fingerprint density at radius 1 is 0.897 bits per heavy atom. The molecule has 1 atom stereocenters. The molecule has 0 amide bonds. The molecule has 0 spiro atoms. The van der Waals surface area contributed by atoms with E-state index in [1.54, 1.807) is 17.1 Å². The minimum Gasteiger partial charge on any atom is -0.292 e. The molecule has 0 bridgehead atoms. The van der Waals surface area contributed by atoms with Crippen molar-refractivity contribution in [1.29, 1.82) is 0 Å². The van der Waals surface area contributed by atoms with Gasteiger partial charge in [-0.2, -0.15) is 0 Å². The third kappa shape index (κ3) is 3.54. The van der Waals surface area contributed by atoms with Crippen LogP contribution in [-0.2, 0) is 12.8 Å². The molecular weight excluding hydrogens is 358 g/mol. The van der Waals surface area contributed by atoms with Crippen LogP contribution in [0.1, 0.15) is 46.8 Å². The van der Waals surface area contributed by atoms with Gasteiger partial charge in [-0.15, -0.1) is 0 Å². The van der Waals surface area contributed by atoms with E-state index in [0.717, 1.165) is 29.8 Å². The molecule has 0 aliphatic rings. The van der Waals surface area contributed by atoms with Gasteiger partial charge in [0.05, 0.1) is 5.92 Å². The zero-order valence-corrected chi connectivity index (χ0v) is 16.8. The van der Waals surface area contributed by atoms with Crippen molar-refractivity contribution >= 4 is 5.91 Å². The van der Waals surface area contributed by atoms with Crippen LogP contribution in [0, 0.1) is 0 Å². The lowest BCUT2D eigenvalue weighted by Crippen LogP contribution is -2.24. The predicted octanol–water partition coefficient (Wildman–Crippen LogP) is 5.27. The molecule has 0 N–H and O–H groups in total. The summed E-state index contributed by atoms with van der Waals surface area (Å²) in [6, 6.07) is 20.3. The molecule has 4 heteroatoms. The first-order chi connectivity index (χ1) is 14.2. The van der Waals surface area contributed by atoms with E-state index in [1.165, 1.54) is 11.1 Å². The zero-order chi connectivity index (χ0) is 20.2. The number of aromatic nitrogens is 3. The van der Waals surface area contributed by atoms with Gasteiger partial charge in [0.2, 0.25) is 5.91 Å². The first-order valence-electron chi connectivity index (χ1n) is 10.1. The average molecular weight is 383 g/mol. The van der Waals surface area contributed by atoms with Crippen molar-refractivity contribution in [2.45, 2.75) is 32.6 Å². The van der Waals surface area contributed by atoms with Crippen LogP contribution in [0.2, 0.25) is 0 Å². The highest BCUT2D eigenvalue weighted by Gasteiger charge is 2.29. The number of benzene rings is 2. The molecule has 0 saturated carbocycles. The van der Waals surface area contributed by atoms with E-state index in [0.29, 0.717) is 0 Å². The molecule has 0 fully saturated rings. The smallest absolute Gasteiger partial charge is 0.244 e. The fourth-order valence-corrected chi connectivity index (χ4v) is 4.03. The quantitative estimate of drug-likeness (QED) is 0.455. The number of nitrogens with zero attached hydrogens (tertiary/aromatic N) is 3. The van der Waals surface area contributed by atoms with Crippen molar-refractivity contribution in [3.8, 4) is 5.82 Å². The zero-order valence-electron chi connectivity index (χ0n) is 16.8. The fourth-order valence-electron chi connectivity index (χ4n) is 4.03. The van der Waals surface area contributed by atoms with Gasteiger partial charge in [0.1, 0.15) is 12.1 Å². The lowest BCUT2D eigenvalue weighted by molar-refractivity contribution is 0.0892. The molecule has 4 rings (SSSR count). The van der Waals surface area contributed by atoms with E-state index >= 15 is 0 Å². The monoisotopic (exact) mass is 383 g/mol. The van der Waals surface area contributed by atoms with Gasteiger partial charge in [0, 0.05) is 18.6 Å². The topological polar surface area (TPSA) is 39.8 Å². The van der Waals surface area contributed by atoms with Gasteiger partial charge >= 0.3 is 0 Å². The van der Waals surface area contributed by atoms with E-state index in [9.17, 15) is 4.79 Å². The lowest BCUT2D eigenvalue weighted by atomic mass is 9.82. The van der Waals surface area contributed by atoms with Crippen molar-refractivity contribution in [3.63, 3.8) is 0 Å². The standard InChI is InChI=1S/C25H25N3O/c1-3-19-12-8-13-20(4-2)23(19)24(21-10-6-5-7-11-21)25(29)28-16-9-14-22(28)27-17-15-26-18-27/h5-18,24H,3-4H2,1-2H3. The van der Waals surface area contributed by atoms with Crippen LogP contribution < -0.4 is 0 Å². The Balaban J connectivity index is 1.91. The third-order valence-electron chi connectivity index (χ3n) is 5.45. The predicted molar refractivity (Wildman–Crippen MR) is 116 cm³/mol. The van der Waals surface area contributed by atoms with Crippen LogP contribution in [0.4, 0.5) is 0 Å². The van der Waals surface area contributed by atoms with Crippen molar-refractivity contribution in [1.82, 2.24) is 14.1 Å². The van der Waals surface area contributed by atoms with E-state index in [4.69, 9.17) is 0 Å². The molecule has 1 unspecified atom stereocenters. The van der Waals surface area contributed by atoms with Gasteiger partial charge in [0.25, 0.3) is 0 Å². The lowest BCUT2D eigenvalue weighted by Gasteiger charge is -2.24. The summed E-state index contributed by atoms with van der Waals surface area (Å²) in [4.78, 5) is 18.1. The highest BCUT2D eigenvalue weighted by Crippen LogP contribution is 2.33. The molecule has 4 aromatic rings. The summed E-state index contributed by atoms with van der Waals surface area (Å²) in [5.74, 6) is 0.470. The van der Waals surface area contributed by atoms with Crippen LogP contribution in [0.15, 0.2) is 85.6 Å². The van der Waals surface area contributed by atoms with Gasteiger partial charge in [-0.3, -0.25) is 13.9 Å². The average Bonchev–Trinajstić information content (AvgIpc) is 3.46. The first kappa shape index (κ1) is 18.9. The number of carbonyl (C=O) groups is 1. The molecule has 0 saturated heterocycles. The Kier molecular flexibility index (Phi) is 5.43. The van der Waals surface area contributed by atoms with E-state index in [2.05, 4.69) is 49.2 Å². The molecule has 146 valence electrons. The molecule has 0 aliphatic heterocycles. The Hall–Kier alpha value is -3.40. The van der Waals surface area contributed by atoms with Crippen LogP contribution in [0.5, 0.6) is 0 Å². The summed E-state index contributed by atoms with van der Waals surface area (Å²) >= 11 is 0. The Bertz CT molecular complexity index is 1070. The Labute approximate surface area is 171 Å². The molecule has 2 aromatic carbocycles. The highest BCUT2D eigenvalue weighted by atomic mass is 16.2. The summed E-state index contributed by atoms with van der Waals surface area (Å²) in [6.45, 7) is 4.30. The van der Waals surface area contributed by atoms with Crippen LogP contribution in [-0.4, -0.2) is 20.0 Å². The Morgan fingerprint density at radius 3 is 2.24 bits per heavy atom. The third-order valence-corrected chi connectivity index (χ3v) is 5.45. The van der Waals surface area contributed by atoms with Crippen LogP contribution >= 0.6 is 0 Å². The summed E-state index contributed by atoms with van der Waals surface area (Å²) in [7, 11) is 0. The van der Waals surface area contributed by atoms with Crippen molar-refractivity contribution in [3.05, 3.63) is 108 Å². The maximum Gasteiger partial charge on any atom is 0.244 e. The minimum atomic E-state index is -0.364. The van der Waals surface area contributed by atoms with Gasteiger partial charge in [-0.1, -0.05) is 62.4 Å². The van der Waals surface area contributed by atoms with Gasteiger partial charge in [0.15, 0.2) is 0 Å². The second-order valence-electron chi connectivity index (χ2n) is 7.09. The second kappa shape index (κ2) is 8.31. The maximum absolute atomic E-state index is 14.0. The Morgan fingerprint density at radius 2 is 1.62 bits per heavy atom. The molecule has 4 nitrogen and oxygen atoms in total. The van der Waals surface area contributed by atoms with Crippen molar-refractivity contribution in [2.75, 3.05) is 0 Å². The van der Waals surface area contributed by atoms with Crippen LogP contribution in [0.3, 0.4) is 0 Å². The van der Waals surface area contributed by atoms with Gasteiger partial charge in [-0.05, 0) is 47.2 Å². The number of aryl methyl sites for hydroxylation is 2. The molecule has 0 aliphatic carbocycles. The van der Waals surface area contributed by atoms with E-state index in [-0.39, 0.29) is 11.8 Å². The number of rotatable bonds is 6. The SMILES string of the molecule is CCc1cccc(CC)c1C(C(=O)n1cccc1-n1ccnc1)c1ccccc1. The summed E-state index contributed by atoms with van der Waals surface area (Å²) < 4.78 is 3.61. The molecule has 2 heterocycles. The molecule has 2 aromatic heterocycles. The largest absolute Gasteiger partial charge is 0.292 e. The number of hydrogen-bond donors (Lipinski definition) is 0. The number of carbonyl (C=O) groups excluding carboxylic acids is 1. The van der Waals surface area contributed by atoms with Gasteiger partial charge in [-0.25, -0.2) is 4.98 Å². The van der Waals surface area contributed by atoms with Gasteiger partial charge < -0.3 is 0 Å². The van der Waals surface area contributed by atoms with Crippen molar-refractivity contribution < 1.29 is 4.79 Å².